The van der Waals surface area contributed by atoms with Crippen LogP contribution in [0.25, 0.3) is 16.6 Å². The molecule has 0 fully saturated rings. The smallest absolute Gasteiger partial charge is 0.0928 e. The molecule has 0 aliphatic heterocycles. The molecule has 0 saturated carbocycles. The zero-order valence-electron chi connectivity index (χ0n) is 17.6. The van der Waals surface area contributed by atoms with Crippen molar-refractivity contribution in [1.82, 2.24) is 9.78 Å². The van der Waals surface area contributed by atoms with Crippen LogP contribution in [-0.2, 0) is 6.42 Å². The number of thiocarbonyl (C=S) groups is 1. The number of aliphatic imine (C=N–C) groups is 1. The Morgan fingerprint density at radius 2 is 1.73 bits per heavy atom. The average molecular weight is 412 g/mol. The summed E-state index contributed by atoms with van der Waals surface area (Å²) in [6, 6.07) is 20.9. The van der Waals surface area contributed by atoms with Crippen LogP contribution in [0.4, 0.5) is 0 Å². The largest absolute Gasteiger partial charge is 0.287 e. The number of benzene rings is 3. The van der Waals surface area contributed by atoms with Crippen LogP contribution < -0.4 is 0 Å². The van der Waals surface area contributed by atoms with Crippen LogP contribution in [0.3, 0.4) is 0 Å². The summed E-state index contributed by atoms with van der Waals surface area (Å²) in [6.07, 6.45) is 4.76. The van der Waals surface area contributed by atoms with E-state index in [1.54, 1.807) is 0 Å². The first-order valence-electron chi connectivity index (χ1n) is 10.1. The number of hydrogen-bond acceptors (Lipinski definition) is 3. The Morgan fingerprint density at radius 1 is 1.00 bits per heavy atom. The van der Waals surface area contributed by atoms with Gasteiger partial charge in [-0.05, 0) is 67.3 Å². The number of aryl methyl sites for hydroxylation is 3. The average Bonchev–Trinajstić information content (AvgIpc) is 3.15. The van der Waals surface area contributed by atoms with Crippen LogP contribution in [0.1, 0.15) is 27.8 Å². The molecule has 0 atom stereocenters. The fourth-order valence-electron chi connectivity index (χ4n) is 3.59. The SMILES string of the molecule is Cc1ccc(-n2cc3cc(C=NCC(=S)Cc4c(C)cccc4C)ccc3n2)cc1. The maximum Gasteiger partial charge on any atom is 0.0928 e. The molecule has 150 valence electrons. The van der Waals surface area contributed by atoms with Gasteiger partial charge in [-0.2, -0.15) is 5.10 Å². The van der Waals surface area contributed by atoms with E-state index in [2.05, 4.69) is 85.6 Å². The molecular weight excluding hydrogens is 386 g/mol. The Labute approximate surface area is 183 Å². The van der Waals surface area contributed by atoms with E-state index in [9.17, 15) is 0 Å². The molecule has 0 bridgehead atoms. The van der Waals surface area contributed by atoms with Crippen molar-refractivity contribution in [3.63, 3.8) is 0 Å². The number of fused-ring (bicyclic) bond motifs is 1. The maximum absolute atomic E-state index is 5.59. The van der Waals surface area contributed by atoms with E-state index < -0.39 is 0 Å². The summed E-state index contributed by atoms with van der Waals surface area (Å²) in [5.41, 5.74) is 8.23. The van der Waals surface area contributed by atoms with E-state index in [1.165, 1.54) is 22.3 Å². The summed E-state index contributed by atoms with van der Waals surface area (Å²) < 4.78 is 1.92. The van der Waals surface area contributed by atoms with Gasteiger partial charge in [0.05, 0.1) is 17.7 Å². The molecular formula is C26H25N3S. The Kier molecular flexibility index (Phi) is 5.86. The minimum absolute atomic E-state index is 0.559. The summed E-state index contributed by atoms with van der Waals surface area (Å²) >= 11 is 5.59. The summed E-state index contributed by atoms with van der Waals surface area (Å²) in [4.78, 5) is 5.54. The van der Waals surface area contributed by atoms with Gasteiger partial charge in [0.2, 0.25) is 0 Å². The molecule has 4 rings (SSSR count). The first kappa shape index (κ1) is 20.2. The molecule has 0 aliphatic carbocycles. The summed E-state index contributed by atoms with van der Waals surface area (Å²) in [5.74, 6) is 0. The first-order chi connectivity index (χ1) is 14.5. The van der Waals surface area contributed by atoms with Gasteiger partial charge in [0.15, 0.2) is 0 Å². The van der Waals surface area contributed by atoms with Gasteiger partial charge in [-0.1, -0.05) is 54.2 Å². The molecule has 0 saturated heterocycles. The van der Waals surface area contributed by atoms with Crippen LogP contribution in [0.5, 0.6) is 0 Å². The van der Waals surface area contributed by atoms with Crippen LogP contribution in [-0.4, -0.2) is 27.4 Å². The van der Waals surface area contributed by atoms with Gasteiger partial charge in [0.1, 0.15) is 0 Å². The van der Waals surface area contributed by atoms with E-state index in [0.717, 1.165) is 33.4 Å². The molecule has 0 radical (unpaired) electrons. The Bertz CT molecular complexity index is 1210. The zero-order chi connectivity index (χ0) is 21.1. The highest BCUT2D eigenvalue weighted by Gasteiger charge is 2.06. The fourth-order valence-corrected chi connectivity index (χ4v) is 3.81. The predicted octanol–water partition coefficient (Wildman–Crippen LogP) is 5.98. The van der Waals surface area contributed by atoms with Crippen molar-refractivity contribution >= 4 is 34.2 Å². The highest BCUT2D eigenvalue weighted by atomic mass is 32.1. The topological polar surface area (TPSA) is 30.2 Å². The van der Waals surface area contributed by atoms with Crippen LogP contribution in [0, 0.1) is 20.8 Å². The highest BCUT2D eigenvalue weighted by Crippen LogP contribution is 2.18. The third-order valence-corrected chi connectivity index (χ3v) is 5.63. The van der Waals surface area contributed by atoms with E-state index in [1.807, 2.05) is 23.0 Å². The molecule has 0 unspecified atom stereocenters. The standard InChI is InChI=1S/C26H25N3S/c1-18-7-10-23(11-8-18)29-17-22-13-21(9-12-26(22)28-29)15-27-16-24(30)14-25-19(2)5-4-6-20(25)3/h4-13,15,17H,14,16H2,1-3H3. The zero-order valence-corrected chi connectivity index (χ0v) is 18.4. The molecule has 0 amide bonds. The fraction of sp³-hybridized carbons (Fsp3) is 0.192. The van der Waals surface area contributed by atoms with Crippen molar-refractivity contribution in [3.8, 4) is 5.69 Å². The second-order valence-corrected chi connectivity index (χ2v) is 8.36. The quantitative estimate of drug-likeness (QED) is 0.288. The van der Waals surface area contributed by atoms with Gasteiger partial charge in [0.25, 0.3) is 0 Å². The summed E-state index contributed by atoms with van der Waals surface area (Å²) in [6.45, 7) is 6.92. The van der Waals surface area contributed by atoms with Gasteiger partial charge in [-0.3, -0.25) is 4.99 Å². The van der Waals surface area contributed by atoms with Crippen molar-refractivity contribution in [1.29, 1.82) is 0 Å². The van der Waals surface area contributed by atoms with Gasteiger partial charge >= 0.3 is 0 Å². The second-order valence-electron chi connectivity index (χ2n) is 7.78. The van der Waals surface area contributed by atoms with Crippen molar-refractivity contribution in [3.05, 3.63) is 94.7 Å². The molecule has 4 aromatic rings. The molecule has 30 heavy (non-hydrogen) atoms. The molecule has 1 heterocycles. The number of aromatic nitrogens is 2. The molecule has 1 aromatic heterocycles. The maximum atomic E-state index is 5.59. The lowest BCUT2D eigenvalue weighted by atomic mass is 9.99. The van der Waals surface area contributed by atoms with Crippen molar-refractivity contribution in [2.24, 2.45) is 4.99 Å². The van der Waals surface area contributed by atoms with Crippen LogP contribution in [0.15, 0.2) is 71.9 Å². The number of nitrogens with zero attached hydrogens (tertiary/aromatic N) is 3. The minimum Gasteiger partial charge on any atom is -0.287 e. The molecule has 0 spiro atoms. The van der Waals surface area contributed by atoms with Crippen molar-refractivity contribution in [2.75, 3.05) is 6.54 Å². The van der Waals surface area contributed by atoms with Crippen molar-refractivity contribution in [2.45, 2.75) is 27.2 Å². The normalized spacial score (nSPS) is 11.4. The Balaban J connectivity index is 1.45. The van der Waals surface area contributed by atoms with E-state index in [4.69, 9.17) is 12.2 Å². The van der Waals surface area contributed by atoms with Crippen LogP contribution in [0.2, 0.25) is 0 Å². The minimum atomic E-state index is 0.559. The van der Waals surface area contributed by atoms with Crippen LogP contribution >= 0.6 is 12.2 Å². The lowest BCUT2D eigenvalue weighted by molar-refractivity contribution is 0.896. The van der Waals surface area contributed by atoms with E-state index in [0.29, 0.717) is 6.54 Å². The highest BCUT2D eigenvalue weighted by molar-refractivity contribution is 7.80. The third kappa shape index (κ3) is 4.55. The lowest BCUT2D eigenvalue weighted by Gasteiger charge is -2.09. The van der Waals surface area contributed by atoms with Gasteiger partial charge in [-0.15, -0.1) is 0 Å². The third-order valence-electron chi connectivity index (χ3n) is 5.35. The molecule has 3 nitrogen and oxygen atoms in total. The first-order valence-corrected chi connectivity index (χ1v) is 10.5. The molecule has 4 heteroatoms. The Morgan fingerprint density at radius 3 is 2.47 bits per heavy atom. The second kappa shape index (κ2) is 8.72. The van der Waals surface area contributed by atoms with E-state index >= 15 is 0 Å². The van der Waals surface area contributed by atoms with Gasteiger partial charge in [0, 0.05) is 29.1 Å². The van der Waals surface area contributed by atoms with Gasteiger partial charge < -0.3 is 0 Å². The lowest BCUT2D eigenvalue weighted by Crippen LogP contribution is -2.07. The predicted molar refractivity (Wildman–Crippen MR) is 130 cm³/mol. The molecule has 0 aliphatic rings. The number of hydrogen-bond donors (Lipinski definition) is 0. The number of rotatable bonds is 6. The van der Waals surface area contributed by atoms with E-state index in [-0.39, 0.29) is 0 Å². The summed E-state index contributed by atoms with van der Waals surface area (Å²) in [5, 5.41) is 5.77. The monoisotopic (exact) mass is 411 g/mol. The Hall–Kier alpha value is -3.11. The summed E-state index contributed by atoms with van der Waals surface area (Å²) in [7, 11) is 0. The molecule has 3 aromatic carbocycles. The molecule has 0 N–H and O–H groups in total. The van der Waals surface area contributed by atoms with Crippen molar-refractivity contribution < 1.29 is 0 Å². The van der Waals surface area contributed by atoms with Gasteiger partial charge in [-0.25, -0.2) is 4.68 Å².